The van der Waals surface area contributed by atoms with Gasteiger partial charge in [0, 0.05) is 11.8 Å². The van der Waals surface area contributed by atoms with E-state index in [2.05, 4.69) is 10.0 Å². The van der Waals surface area contributed by atoms with Gasteiger partial charge in [0.2, 0.25) is 0 Å². The molecule has 1 atom stereocenters. The van der Waals surface area contributed by atoms with E-state index in [0.29, 0.717) is 22.9 Å². The van der Waals surface area contributed by atoms with Crippen molar-refractivity contribution in [2.75, 3.05) is 17.1 Å². The van der Waals surface area contributed by atoms with Gasteiger partial charge in [0.25, 0.3) is 15.9 Å². The number of aryl methyl sites for hydroxylation is 2. The first-order chi connectivity index (χ1) is 15.2. The normalized spacial score (nSPS) is 12.0. The monoisotopic (exact) mass is 454 g/mol. The van der Waals surface area contributed by atoms with E-state index in [0.717, 1.165) is 11.1 Å². The van der Waals surface area contributed by atoms with E-state index >= 15 is 0 Å². The van der Waals surface area contributed by atoms with Crippen molar-refractivity contribution < 1.29 is 22.7 Å². The summed E-state index contributed by atoms with van der Waals surface area (Å²) in [6.45, 7) is 5.36. The summed E-state index contributed by atoms with van der Waals surface area (Å²) < 4.78 is 38.9. The van der Waals surface area contributed by atoms with Gasteiger partial charge in [-0.05, 0) is 74.4 Å². The van der Waals surface area contributed by atoms with E-state index in [-0.39, 0.29) is 10.8 Å². The molecule has 0 spiro atoms. The third-order valence-corrected chi connectivity index (χ3v) is 6.17. The minimum atomic E-state index is -3.76. The van der Waals surface area contributed by atoms with Gasteiger partial charge in [0.05, 0.1) is 17.7 Å². The molecular weight excluding hydrogens is 428 g/mol. The maximum absolute atomic E-state index is 12.7. The number of sulfonamides is 1. The van der Waals surface area contributed by atoms with Gasteiger partial charge in [-0.15, -0.1) is 0 Å². The summed E-state index contributed by atoms with van der Waals surface area (Å²) >= 11 is 0. The van der Waals surface area contributed by atoms with Crippen molar-refractivity contribution in [2.24, 2.45) is 0 Å². The Morgan fingerprint density at radius 3 is 2.31 bits per heavy atom. The Kier molecular flexibility index (Phi) is 7.05. The average molecular weight is 455 g/mol. The second-order valence-corrected chi connectivity index (χ2v) is 9.06. The van der Waals surface area contributed by atoms with Crippen LogP contribution in [0.2, 0.25) is 0 Å². The number of nitrogens with one attached hydrogen (secondary N) is 2. The number of anilines is 2. The quantitative estimate of drug-likeness (QED) is 0.522. The number of hydrogen-bond acceptors (Lipinski definition) is 5. The lowest BCUT2D eigenvalue weighted by atomic mass is 10.1. The zero-order chi connectivity index (χ0) is 23.3. The Morgan fingerprint density at radius 2 is 1.62 bits per heavy atom. The van der Waals surface area contributed by atoms with E-state index in [1.165, 1.54) is 24.3 Å². The van der Waals surface area contributed by atoms with E-state index in [1.807, 2.05) is 26.0 Å². The second-order valence-electron chi connectivity index (χ2n) is 7.38. The molecular formula is C24H26N2O5S. The fraction of sp³-hybridized carbons (Fsp3) is 0.208. The number of ether oxygens (including phenoxy) is 2. The number of amides is 1. The van der Waals surface area contributed by atoms with Gasteiger partial charge in [-0.2, -0.15) is 0 Å². The highest BCUT2D eigenvalue weighted by Crippen LogP contribution is 2.23. The predicted molar refractivity (Wildman–Crippen MR) is 125 cm³/mol. The third kappa shape index (κ3) is 5.79. The van der Waals surface area contributed by atoms with E-state index in [9.17, 15) is 13.2 Å². The van der Waals surface area contributed by atoms with Crippen LogP contribution in [-0.2, 0) is 14.8 Å². The maximum Gasteiger partial charge on any atom is 0.265 e. The molecule has 0 fully saturated rings. The summed E-state index contributed by atoms with van der Waals surface area (Å²) in [5.74, 6) is 0.768. The molecule has 3 aromatic rings. The van der Waals surface area contributed by atoms with Crippen molar-refractivity contribution >= 4 is 27.3 Å². The Bertz CT molecular complexity index is 1210. The highest BCUT2D eigenvalue weighted by atomic mass is 32.2. The number of methoxy groups -OCH3 is 1. The molecule has 3 aromatic carbocycles. The Morgan fingerprint density at radius 1 is 0.938 bits per heavy atom. The summed E-state index contributed by atoms with van der Waals surface area (Å²) in [7, 11) is -2.21. The van der Waals surface area contributed by atoms with Gasteiger partial charge in [0.1, 0.15) is 11.5 Å². The van der Waals surface area contributed by atoms with Crippen molar-refractivity contribution in [3.05, 3.63) is 77.9 Å². The molecule has 0 radical (unpaired) electrons. The van der Waals surface area contributed by atoms with Crippen molar-refractivity contribution in [3.8, 4) is 11.5 Å². The molecule has 8 heteroatoms. The van der Waals surface area contributed by atoms with Crippen molar-refractivity contribution in [1.29, 1.82) is 0 Å². The van der Waals surface area contributed by atoms with Crippen LogP contribution in [0.25, 0.3) is 0 Å². The third-order valence-electron chi connectivity index (χ3n) is 4.79. The van der Waals surface area contributed by atoms with Crippen LogP contribution in [0.15, 0.2) is 71.6 Å². The Balaban J connectivity index is 1.65. The van der Waals surface area contributed by atoms with Crippen LogP contribution in [0.3, 0.4) is 0 Å². The zero-order valence-electron chi connectivity index (χ0n) is 18.4. The minimum absolute atomic E-state index is 0.0945. The summed E-state index contributed by atoms with van der Waals surface area (Å²) in [5.41, 5.74) is 2.78. The smallest absolute Gasteiger partial charge is 0.265 e. The summed E-state index contributed by atoms with van der Waals surface area (Å²) in [6.07, 6.45) is -0.767. The largest absolute Gasteiger partial charge is 0.497 e. The highest BCUT2D eigenvalue weighted by molar-refractivity contribution is 7.92. The fourth-order valence-electron chi connectivity index (χ4n) is 2.94. The molecule has 3 rings (SSSR count). The molecule has 32 heavy (non-hydrogen) atoms. The van der Waals surface area contributed by atoms with Crippen LogP contribution >= 0.6 is 0 Å². The topological polar surface area (TPSA) is 93.7 Å². The van der Waals surface area contributed by atoms with Crippen molar-refractivity contribution in [1.82, 2.24) is 0 Å². The van der Waals surface area contributed by atoms with Crippen LogP contribution in [-0.4, -0.2) is 27.5 Å². The second kappa shape index (κ2) is 9.74. The highest BCUT2D eigenvalue weighted by Gasteiger charge is 2.18. The molecule has 0 bridgehead atoms. The molecule has 1 unspecified atom stereocenters. The van der Waals surface area contributed by atoms with Crippen LogP contribution in [0.4, 0.5) is 11.4 Å². The van der Waals surface area contributed by atoms with E-state index in [4.69, 9.17) is 9.47 Å². The standard InChI is InChI=1S/C24H26N2O5S/c1-16-8-9-17(2)23(14-16)26-32(28,29)22-12-10-19(11-13-22)25-24(27)18(3)31-21-7-5-6-20(15-21)30-4/h5-15,18,26H,1-4H3,(H,25,27). The number of rotatable bonds is 8. The first kappa shape index (κ1) is 23.1. The van der Waals surface area contributed by atoms with Crippen LogP contribution in [0.5, 0.6) is 11.5 Å². The predicted octanol–water partition coefficient (Wildman–Crippen LogP) is 4.52. The van der Waals surface area contributed by atoms with Crippen LogP contribution < -0.4 is 19.5 Å². The van der Waals surface area contributed by atoms with Gasteiger partial charge in [-0.3, -0.25) is 9.52 Å². The lowest BCUT2D eigenvalue weighted by Gasteiger charge is -2.16. The Hall–Kier alpha value is -3.52. The van der Waals surface area contributed by atoms with Gasteiger partial charge in [0.15, 0.2) is 6.10 Å². The molecule has 0 saturated heterocycles. The van der Waals surface area contributed by atoms with Gasteiger partial charge < -0.3 is 14.8 Å². The number of benzene rings is 3. The molecule has 0 aromatic heterocycles. The minimum Gasteiger partial charge on any atom is -0.497 e. The van der Waals surface area contributed by atoms with E-state index in [1.54, 1.807) is 44.4 Å². The molecule has 7 nitrogen and oxygen atoms in total. The summed E-state index contributed by atoms with van der Waals surface area (Å²) in [5, 5.41) is 2.73. The number of carbonyl (C=O) groups excluding carboxylic acids is 1. The Labute approximate surface area is 188 Å². The number of hydrogen-bond donors (Lipinski definition) is 2. The zero-order valence-corrected chi connectivity index (χ0v) is 19.2. The first-order valence-electron chi connectivity index (χ1n) is 9.99. The number of carbonyl (C=O) groups is 1. The lowest BCUT2D eigenvalue weighted by Crippen LogP contribution is -2.30. The molecule has 0 aliphatic heterocycles. The average Bonchev–Trinajstić information content (AvgIpc) is 2.76. The van der Waals surface area contributed by atoms with Gasteiger partial charge in [-0.1, -0.05) is 18.2 Å². The summed E-state index contributed by atoms with van der Waals surface area (Å²) in [4.78, 5) is 12.6. The summed E-state index contributed by atoms with van der Waals surface area (Å²) in [6, 6.07) is 18.5. The maximum atomic E-state index is 12.7. The van der Waals surface area contributed by atoms with Gasteiger partial charge in [-0.25, -0.2) is 8.42 Å². The molecule has 2 N–H and O–H groups in total. The first-order valence-corrected chi connectivity index (χ1v) is 11.5. The SMILES string of the molecule is COc1cccc(OC(C)C(=O)Nc2ccc(S(=O)(=O)Nc3cc(C)ccc3C)cc2)c1. The van der Waals surface area contributed by atoms with Crippen LogP contribution in [0, 0.1) is 13.8 Å². The van der Waals surface area contributed by atoms with Crippen molar-refractivity contribution in [2.45, 2.75) is 31.8 Å². The van der Waals surface area contributed by atoms with Crippen LogP contribution in [0.1, 0.15) is 18.1 Å². The fourth-order valence-corrected chi connectivity index (χ4v) is 4.06. The van der Waals surface area contributed by atoms with E-state index < -0.39 is 16.1 Å². The molecule has 0 aliphatic carbocycles. The molecule has 0 aliphatic rings. The van der Waals surface area contributed by atoms with Crippen molar-refractivity contribution in [3.63, 3.8) is 0 Å². The molecule has 168 valence electrons. The lowest BCUT2D eigenvalue weighted by molar-refractivity contribution is -0.122. The molecule has 0 saturated carbocycles. The molecule has 1 amide bonds. The molecule has 0 heterocycles. The van der Waals surface area contributed by atoms with Gasteiger partial charge >= 0.3 is 0 Å².